The summed E-state index contributed by atoms with van der Waals surface area (Å²) in [5.74, 6) is -1.58. The van der Waals surface area contributed by atoms with Gasteiger partial charge in [0.2, 0.25) is 0 Å². The van der Waals surface area contributed by atoms with Crippen molar-refractivity contribution in [2.45, 2.75) is 62.9 Å². The molecule has 2 unspecified atom stereocenters. The molecule has 4 N–H and O–H groups in total. The molecule has 0 aliphatic heterocycles. The average Bonchev–Trinajstić information content (AvgIpc) is 2.33. The highest BCUT2D eigenvalue weighted by molar-refractivity contribution is 7.81. The van der Waals surface area contributed by atoms with E-state index in [4.69, 9.17) is 20.4 Å². The van der Waals surface area contributed by atoms with Crippen molar-refractivity contribution in [1.82, 2.24) is 0 Å². The van der Waals surface area contributed by atoms with E-state index in [2.05, 4.69) is 25.3 Å². The van der Waals surface area contributed by atoms with E-state index < -0.39 is 11.9 Å². The number of rotatable bonds is 9. The van der Waals surface area contributed by atoms with Crippen LogP contribution in [-0.2, 0) is 9.59 Å². The molecule has 22 heavy (non-hydrogen) atoms. The predicted molar refractivity (Wildman–Crippen MR) is 94.0 cm³/mol. The first-order valence-corrected chi connectivity index (χ1v) is 8.22. The fraction of sp³-hybridized carbons (Fsp3) is 0.857. The Kier molecular flexibility index (Phi) is 24.7. The number of thiol groups is 2. The quantitative estimate of drug-likeness (QED) is 0.278. The lowest BCUT2D eigenvalue weighted by Gasteiger charge is -1.93. The van der Waals surface area contributed by atoms with Crippen molar-refractivity contribution in [2.24, 2.45) is 0 Å². The van der Waals surface area contributed by atoms with Crippen LogP contribution >= 0.6 is 25.3 Å². The molecule has 0 saturated carbocycles. The Morgan fingerprint density at radius 3 is 1.14 bits per heavy atom. The van der Waals surface area contributed by atoms with E-state index in [1.165, 1.54) is 0 Å². The molecule has 0 fully saturated rings. The van der Waals surface area contributed by atoms with Crippen molar-refractivity contribution in [2.75, 3.05) is 13.2 Å². The van der Waals surface area contributed by atoms with Crippen LogP contribution in [0.2, 0.25) is 0 Å². The lowest BCUT2D eigenvalue weighted by Crippen LogP contribution is -2.01. The number of aliphatic carboxylic acids is 2. The summed E-state index contributed by atoms with van der Waals surface area (Å²) in [6, 6.07) is 0. The Labute approximate surface area is 143 Å². The van der Waals surface area contributed by atoms with Gasteiger partial charge in [-0.1, -0.05) is 26.7 Å². The average molecular weight is 359 g/mol. The number of carboxylic acid groups (broad SMARTS) is 2. The minimum atomic E-state index is -0.789. The number of unbranched alkanes of at least 4 members (excludes halogenated alkanes) is 3. The summed E-state index contributed by atoms with van der Waals surface area (Å²) in [6.07, 6.45) is 4.11. The third-order valence-electron chi connectivity index (χ3n) is 2.01. The molecular formula is C14H30O6S2. The SMILES string of the molecule is CC(S)CC(=O)O.CC(S)CC(=O)O.OCCCCCCO. The van der Waals surface area contributed by atoms with E-state index in [-0.39, 0.29) is 36.6 Å². The third-order valence-corrected chi connectivity index (χ3v) is 2.37. The van der Waals surface area contributed by atoms with Crippen LogP contribution in [0.3, 0.4) is 0 Å². The summed E-state index contributed by atoms with van der Waals surface area (Å²) in [6.45, 7) is 4.06. The van der Waals surface area contributed by atoms with Gasteiger partial charge in [-0.2, -0.15) is 25.3 Å². The van der Waals surface area contributed by atoms with Crippen LogP contribution < -0.4 is 0 Å². The van der Waals surface area contributed by atoms with Crippen LogP contribution in [0.15, 0.2) is 0 Å². The molecule has 134 valence electrons. The molecule has 0 bridgehead atoms. The monoisotopic (exact) mass is 358 g/mol. The van der Waals surface area contributed by atoms with Gasteiger partial charge in [-0.25, -0.2) is 0 Å². The number of aliphatic hydroxyl groups excluding tert-OH is 2. The number of hydrogen-bond acceptors (Lipinski definition) is 6. The molecule has 0 heterocycles. The van der Waals surface area contributed by atoms with Gasteiger partial charge in [-0.05, 0) is 12.8 Å². The Morgan fingerprint density at radius 2 is 1.05 bits per heavy atom. The maximum Gasteiger partial charge on any atom is 0.304 e. The Morgan fingerprint density at radius 1 is 0.773 bits per heavy atom. The summed E-state index contributed by atoms with van der Waals surface area (Å²) in [7, 11) is 0. The number of aliphatic hydroxyl groups is 2. The van der Waals surface area contributed by atoms with Crippen molar-refractivity contribution < 1.29 is 30.0 Å². The minimum Gasteiger partial charge on any atom is -0.481 e. The first kappa shape index (κ1) is 26.5. The van der Waals surface area contributed by atoms with E-state index in [9.17, 15) is 9.59 Å². The minimum absolute atomic E-state index is 0.0301. The van der Waals surface area contributed by atoms with Gasteiger partial charge in [0.05, 0.1) is 12.8 Å². The highest BCUT2D eigenvalue weighted by Crippen LogP contribution is 1.97. The standard InChI is InChI=1S/C6H14O2.2C4H8O2S/c7-5-3-1-2-4-6-8;2*1-3(7)2-4(5)6/h7-8H,1-6H2;2*3,7H,2H2,1H3,(H,5,6). The van der Waals surface area contributed by atoms with Crippen molar-refractivity contribution in [3.8, 4) is 0 Å². The van der Waals surface area contributed by atoms with E-state index in [1.807, 2.05) is 0 Å². The van der Waals surface area contributed by atoms with Gasteiger partial charge in [0.15, 0.2) is 0 Å². The molecule has 0 aromatic rings. The van der Waals surface area contributed by atoms with Crippen LogP contribution in [0.4, 0.5) is 0 Å². The van der Waals surface area contributed by atoms with Crippen LogP contribution in [0.5, 0.6) is 0 Å². The van der Waals surface area contributed by atoms with Crippen molar-refractivity contribution >= 4 is 37.2 Å². The first-order valence-electron chi connectivity index (χ1n) is 7.18. The van der Waals surface area contributed by atoms with Gasteiger partial charge in [0.1, 0.15) is 0 Å². The smallest absolute Gasteiger partial charge is 0.304 e. The van der Waals surface area contributed by atoms with Crippen molar-refractivity contribution in [3.63, 3.8) is 0 Å². The predicted octanol–water partition coefficient (Wildman–Crippen LogP) is 2.09. The van der Waals surface area contributed by atoms with E-state index >= 15 is 0 Å². The Hall–Kier alpha value is -0.440. The maximum absolute atomic E-state index is 9.76. The van der Waals surface area contributed by atoms with Gasteiger partial charge in [-0.15, -0.1) is 0 Å². The summed E-state index contributed by atoms with van der Waals surface area (Å²) < 4.78 is 0. The summed E-state index contributed by atoms with van der Waals surface area (Å²) >= 11 is 7.71. The molecular weight excluding hydrogens is 328 g/mol. The lowest BCUT2D eigenvalue weighted by atomic mass is 10.2. The van der Waals surface area contributed by atoms with Gasteiger partial charge < -0.3 is 20.4 Å². The molecule has 2 atom stereocenters. The molecule has 0 aliphatic carbocycles. The fourth-order valence-corrected chi connectivity index (χ4v) is 1.39. The summed E-state index contributed by atoms with van der Waals surface area (Å²) in [5, 5.41) is 32.6. The van der Waals surface area contributed by atoms with Crippen LogP contribution in [-0.4, -0.2) is 56.1 Å². The van der Waals surface area contributed by atoms with Crippen LogP contribution in [0.25, 0.3) is 0 Å². The molecule has 0 spiro atoms. The zero-order valence-electron chi connectivity index (χ0n) is 13.3. The molecule has 0 radical (unpaired) electrons. The molecule has 0 amide bonds. The summed E-state index contributed by atoms with van der Waals surface area (Å²) in [4.78, 5) is 19.5. The van der Waals surface area contributed by atoms with Gasteiger partial charge >= 0.3 is 11.9 Å². The Balaban J connectivity index is -0.000000247. The molecule has 0 aromatic carbocycles. The zero-order valence-corrected chi connectivity index (χ0v) is 15.1. The molecule has 8 heteroatoms. The maximum atomic E-state index is 9.76. The van der Waals surface area contributed by atoms with Crippen LogP contribution in [0.1, 0.15) is 52.4 Å². The molecule has 0 rings (SSSR count). The van der Waals surface area contributed by atoms with E-state index in [1.54, 1.807) is 13.8 Å². The number of hydrogen-bond donors (Lipinski definition) is 6. The molecule has 0 aliphatic rings. The Bertz CT molecular complexity index is 234. The lowest BCUT2D eigenvalue weighted by molar-refractivity contribution is -0.137. The van der Waals surface area contributed by atoms with Gasteiger partial charge in [0, 0.05) is 23.7 Å². The second kappa shape index (κ2) is 20.6. The fourth-order valence-electron chi connectivity index (χ4n) is 1.08. The van der Waals surface area contributed by atoms with E-state index in [0.29, 0.717) is 0 Å². The zero-order chi connectivity index (χ0) is 18.0. The topological polar surface area (TPSA) is 115 Å². The molecule has 0 aromatic heterocycles. The number of carboxylic acids is 2. The van der Waals surface area contributed by atoms with Gasteiger partial charge in [-0.3, -0.25) is 9.59 Å². The highest BCUT2D eigenvalue weighted by atomic mass is 32.1. The van der Waals surface area contributed by atoms with Crippen molar-refractivity contribution in [3.05, 3.63) is 0 Å². The first-order chi connectivity index (χ1) is 10.2. The number of carbonyl (C=O) groups is 2. The second-order valence-corrected chi connectivity index (χ2v) is 6.52. The highest BCUT2D eigenvalue weighted by Gasteiger charge is 1.99. The van der Waals surface area contributed by atoms with Gasteiger partial charge in [0.25, 0.3) is 0 Å². The van der Waals surface area contributed by atoms with Crippen molar-refractivity contribution in [1.29, 1.82) is 0 Å². The largest absolute Gasteiger partial charge is 0.481 e. The van der Waals surface area contributed by atoms with E-state index in [0.717, 1.165) is 25.7 Å². The molecule has 6 nitrogen and oxygen atoms in total. The summed E-state index contributed by atoms with van der Waals surface area (Å²) in [5.41, 5.74) is 0. The van der Waals surface area contributed by atoms with Crippen LogP contribution in [0, 0.1) is 0 Å². The second-order valence-electron chi connectivity index (χ2n) is 4.76. The molecule has 0 saturated heterocycles. The third kappa shape index (κ3) is 42.7. The normalized spacial score (nSPS) is 12.1.